The van der Waals surface area contributed by atoms with Crippen LogP contribution in [-0.2, 0) is 21.1 Å². The number of amides is 1. The number of hydrogen-bond donors (Lipinski definition) is 0. The van der Waals surface area contributed by atoms with Gasteiger partial charge in [-0.25, -0.2) is 8.42 Å². The minimum absolute atomic E-state index is 0.132. The Morgan fingerprint density at radius 2 is 1.77 bits per heavy atom. The van der Waals surface area contributed by atoms with Gasteiger partial charge in [-0.05, 0) is 31.7 Å². The number of carbonyl (C=O) groups is 1. The van der Waals surface area contributed by atoms with E-state index in [0.29, 0.717) is 32.4 Å². The van der Waals surface area contributed by atoms with Crippen molar-refractivity contribution in [1.82, 2.24) is 4.90 Å². The molecule has 1 heterocycles. The van der Waals surface area contributed by atoms with Gasteiger partial charge in [0.1, 0.15) is 0 Å². The molecular formula is C17H25NO3S. The fourth-order valence-corrected chi connectivity index (χ4v) is 4.26. The number of rotatable bonds is 5. The fraction of sp³-hybridized carbons (Fsp3) is 0.588. The Bertz CT molecular complexity index is 599. The van der Waals surface area contributed by atoms with E-state index in [1.54, 1.807) is 6.92 Å². The molecule has 0 aromatic heterocycles. The van der Waals surface area contributed by atoms with Crippen LogP contribution in [0.25, 0.3) is 0 Å². The molecule has 1 fully saturated rings. The van der Waals surface area contributed by atoms with Crippen molar-refractivity contribution in [2.24, 2.45) is 0 Å². The molecule has 1 aliphatic rings. The normalized spacial score (nSPS) is 16.7. The SMILES string of the molecule is CCS(=O)(=O)C1CCN(C(=O)CCc2ccc(C)cc2)CC1. The van der Waals surface area contributed by atoms with Gasteiger partial charge < -0.3 is 4.90 Å². The summed E-state index contributed by atoms with van der Waals surface area (Å²) in [7, 11) is -2.97. The van der Waals surface area contributed by atoms with Crippen LogP contribution in [0, 0.1) is 6.92 Å². The third kappa shape index (κ3) is 4.32. The molecule has 0 spiro atoms. The van der Waals surface area contributed by atoms with E-state index in [2.05, 4.69) is 24.3 Å². The van der Waals surface area contributed by atoms with Gasteiger partial charge in [0, 0.05) is 25.3 Å². The zero-order valence-corrected chi connectivity index (χ0v) is 14.2. The van der Waals surface area contributed by atoms with E-state index in [1.807, 2.05) is 11.8 Å². The summed E-state index contributed by atoms with van der Waals surface area (Å²) in [6, 6.07) is 8.23. The molecule has 4 nitrogen and oxygen atoms in total. The monoisotopic (exact) mass is 323 g/mol. The van der Waals surface area contributed by atoms with Gasteiger partial charge in [0.15, 0.2) is 9.84 Å². The molecule has 1 aliphatic heterocycles. The fourth-order valence-electron chi connectivity index (χ4n) is 2.86. The lowest BCUT2D eigenvalue weighted by Gasteiger charge is -2.31. The van der Waals surface area contributed by atoms with Crippen molar-refractivity contribution in [3.8, 4) is 0 Å². The van der Waals surface area contributed by atoms with E-state index < -0.39 is 9.84 Å². The number of aryl methyl sites for hydroxylation is 2. The molecule has 0 radical (unpaired) electrons. The van der Waals surface area contributed by atoms with Crippen molar-refractivity contribution in [2.75, 3.05) is 18.8 Å². The Morgan fingerprint density at radius 3 is 2.32 bits per heavy atom. The average molecular weight is 323 g/mol. The number of hydrogen-bond acceptors (Lipinski definition) is 3. The van der Waals surface area contributed by atoms with Crippen LogP contribution in [0.2, 0.25) is 0 Å². The highest BCUT2D eigenvalue weighted by atomic mass is 32.2. The van der Waals surface area contributed by atoms with Crippen LogP contribution in [0.3, 0.4) is 0 Å². The van der Waals surface area contributed by atoms with Gasteiger partial charge in [-0.3, -0.25) is 4.79 Å². The van der Waals surface area contributed by atoms with Crippen LogP contribution < -0.4 is 0 Å². The molecule has 0 unspecified atom stereocenters. The maximum atomic E-state index is 12.2. The van der Waals surface area contributed by atoms with Gasteiger partial charge in [-0.15, -0.1) is 0 Å². The Kier molecular flexibility index (Phi) is 5.62. The van der Waals surface area contributed by atoms with Gasteiger partial charge in [-0.1, -0.05) is 36.8 Å². The third-order valence-electron chi connectivity index (χ3n) is 4.45. The number of benzene rings is 1. The predicted octanol–water partition coefficient (Wildman–Crippen LogP) is 2.35. The Morgan fingerprint density at radius 1 is 1.18 bits per heavy atom. The zero-order chi connectivity index (χ0) is 16.2. The van der Waals surface area contributed by atoms with E-state index in [-0.39, 0.29) is 16.9 Å². The number of piperidine rings is 1. The highest BCUT2D eigenvalue weighted by Gasteiger charge is 2.30. The van der Waals surface area contributed by atoms with Crippen LogP contribution in [0.1, 0.15) is 37.3 Å². The van der Waals surface area contributed by atoms with Crippen LogP contribution in [0.15, 0.2) is 24.3 Å². The van der Waals surface area contributed by atoms with E-state index in [1.165, 1.54) is 11.1 Å². The first kappa shape index (κ1) is 17.0. The van der Waals surface area contributed by atoms with Gasteiger partial charge in [0.2, 0.25) is 5.91 Å². The van der Waals surface area contributed by atoms with Gasteiger partial charge in [0.05, 0.1) is 5.25 Å². The van der Waals surface area contributed by atoms with E-state index in [4.69, 9.17) is 0 Å². The second kappa shape index (κ2) is 7.27. The number of nitrogens with zero attached hydrogens (tertiary/aromatic N) is 1. The molecule has 0 bridgehead atoms. The van der Waals surface area contributed by atoms with Crippen molar-refractivity contribution in [1.29, 1.82) is 0 Å². The van der Waals surface area contributed by atoms with Crippen LogP contribution in [0.4, 0.5) is 0 Å². The van der Waals surface area contributed by atoms with E-state index >= 15 is 0 Å². The summed E-state index contributed by atoms with van der Waals surface area (Å²) in [5.74, 6) is 0.326. The maximum absolute atomic E-state index is 12.2. The van der Waals surface area contributed by atoms with Crippen LogP contribution in [0.5, 0.6) is 0 Å². The molecular weight excluding hydrogens is 298 g/mol. The standard InChI is InChI=1S/C17H25NO3S/c1-3-22(20,21)16-10-12-18(13-11-16)17(19)9-8-15-6-4-14(2)5-7-15/h4-7,16H,3,8-13H2,1-2H3. The average Bonchev–Trinajstić information content (AvgIpc) is 2.54. The smallest absolute Gasteiger partial charge is 0.222 e. The van der Waals surface area contributed by atoms with E-state index in [9.17, 15) is 13.2 Å². The van der Waals surface area contributed by atoms with Crippen molar-refractivity contribution >= 4 is 15.7 Å². The highest BCUT2D eigenvalue weighted by Crippen LogP contribution is 2.19. The molecule has 0 atom stereocenters. The highest BCUT2D eigenvalue weighted by molar-refractivity contribution is 7.92. The lowest BCUT2D eigenvalue weighted by molar-refractivity contribution is -0.132. The minimum Gasteiger partial charge on any atom is -0.343 e. The number of carbonyl (C=O) groups excluding carboxylic acids is 1. The molecule has 0 N–H and O–H groups in total. The molecule has 1 amide bonds. The number of sulfone groups is 1. The molecule has 22 heavy (non-hydrogen) atoms. The molecule has 1 aromatic rings. The summed E-state index contributed by atoms with van der Waals surface area (Å²) < 4.78 is 23.7. The Hall–Kier alpha value is -1.36. The first-order chi connectivity index (χ1) is 10.4. The molecule has 1 aromatic carbocycles. The summed E-state index contributed by atoms with van der Waals surface area (Å²) in [5, 5.41) is -0.265. The van der Waals surface area contributed by atoms with Gasteiger partial charge in [-0.2, -0.15) is 0 Å². The second-order valence-corrected chi connectivity index (χ2v) is 8.59. The van der Waals surface area contributed by atoms with Gasteiger partial charge >= 0.3 is 0 Å². The topological polar surface area (TPSA) is 54.5 Å². The Balaban J connectivity index is 1.81. The number of likely N-dealkylation sites (tertiary alicyclic amines) is 1. The minimum atomic E-state index is -2.97. The van der Waals surface area contributed by atoms with Crippen LogP contribution >= 0.6 is 0 Å². The first-order valence-electron chi connectivity index (χ1n) is 7.97. The largest absolute Gasteiger partial charge is 0.343 e. The van der Waals surface area contributed by atoms with Crippen molar-refractivity contribution in [3.05, 3.63) is 35.4 Å². The molecule has 122 valence electrons. The van der Waals surface area contributed by atoms with Crippen molar-refractivity contribution in [3.63, 3.8) is 0 Å². The summed E-state index contributed by atoms with van der Waals surface area (Å²) in [4.78, 5) is 14.1. The molecule has 1 saturated heterocycles. The summed E-state index contributed by atoms with van der Waals surface area (Å²) >= 11 is 0. The molecule has 0 aliphatic carbocycles. The molecule has 2 rings (SSSR count). The zero-order valence-electron chi connectivity index (χ0n) is 13.4. The predicted molar refractivity (Wildman–Crippen MR) is 88.6 cm³/mol. The summed E-state index contributed by atoms with van der Waals surface area (Å²) in [5.41, 5.74) is 2.39. The first-order valence-corrected chi connectivity index (χ1v) is 9.69. The van der Waals surface area contributed by atoms with Crippen LogP contribution in [-0.4, -0.2) is 43.3 Å². The lowest BCUT2D eigenvalue weighted by Crippen LogP contribution is -2.42. The van der Waals surface area contributed by atoms with Crippen molar-refractivity contribution in [2.45, 2.75) is 44.8 Å². The summed E-state index contributed by atoms with van der Waals surface area (Å²) in [6.45, 7) is 4.87. The van der Waals surface area contributed by atoms with Gasteiger partial charge in [0.25, 0.3) is 0 Å². The van der Waals surface area contributed by atoms with E-state index in [0.717, 1.165) is 6.42 Å². The molecule has 0 saturated carbocycles. The second-order valence-electron chi connectivity index (χ2n) is 6.02. The summed E-state index contributed by atoms with van der Waals surface area (Å²) in [6.07, 6.45) is 2.39. The third-order valence-corrected chi connectivity index (χ3v) is 6.74. The quantitative estimate of drug-likeness (QED) is 0.836. The van der Waals surface area contributed by atoms with Crippen molar-refractivity contribution < 1.29 is 13.2 Å². The Labute approximate surface area is 133 Å². The molecule has 5 heteroatoms. The lowest BCUT2D eigenvalue weighted by atomic mass is 10.1. The maximum Gasteiger partial charge on any atom is 0.222 e.